The van der Waals surface area contributed by atoms with Crippen LogP contribution in [-0.4, -0.2) is 34.0 Å². The van der Waals surface area contributed by atoms with Crippen molar-refractivity contribution in [1.82, 2.24) is 4.72 Å². The zero-order valence-electron chi connectivity index (χ0n) is 14.1. The molecule has 0 saturated heterocycles. The number of carbonyl (C=O) groups is 1. The highest BCUT2D eigenvalue weighted by Gasteiger charge is 2.27. The minimum absolute atomic E-state index is 0.196. The predicted molar refractivity (Wildman–Crippen MR) is 124 cm³/mol. The van der Waals surface area contributed by atoms with Crippen molar-refractivity contribution in [2.45, 2.75) is 25.7 Å². The molecule has 1 amide bonds. The SMILES string of the molecule is CS(=O)(=O)NC(=O)C1CCC(COCOc2c(I)cc(I)cc2I)CC1. The second-order valence-corrected chi connectivity index (χ2v) is 11.6. The summed E-state index contributed by atoms with van der Waals surface area (Å²) in [7, 11) is -3.48. The molecule has 0 aromatic heterocycles. The van der Waals surface area contributed by atoms with Gasteiger partial charge in [0.05, 0.1) is 20.0 Å². The van der Waals surface area contributed by atoms with Gasteiger partial charge in [0.15, 0.2) is 6.79 Å². The van der Waals surface area contributed by atoms with Crippen LogP contribution in [0.2, 0.25) is 0 Å². The lowest BCUT2D eigenvalue weighted by molar-refractivity contribution is -0.124. The molecule has 0 atom stereocenters. The molecular formula is C16H20I3NO5S. The van der Waals surface area contributed by atoms with Crippen LogP contribution in [0.5, 0.6) is 5.75 Å². The van der Waals surface area contributed by atoms with Gasteiger partial charge in [0.1, 0.15) is 5.75 Å². The molecule has 1 fully saturated rings. The van der Waals surface area contributed by atoms with Crippen molar-refractivity contribution in [2.75, 3.05) is 19.7 Å². The molecule has 0 aliphatic heterocycles. The maximum absolute atomic E-state index is 11.9. The summed E-state index contributed by atoms with van der Waals surface area (Å²) in [5.74, 6) is 0.591. The van der Waals surface area contributed by atoms with E-state index in [1.165, 1.54) is 3.57 Å². The Balaban J connectivity index is 1.70. The fraction of sp³-hybridized carbons (Fsp3) is 0.562. The molecule has 0 heterocycles. The minimum Gasteiger partial charge on any atom is -0.465 e. The number of amides is 1. The summed E-state index contributed by atoms with van der Waals surface area (Å²) in [6.07, 6.45) is 4.06. The third kappa shape index (κ3) is 7.54. The average Bonchev–Trinajstić information content (AvgIpc) is 2.52. The van der Waals surface area contributed by atoms with E-state index < -0.39 is 15.9 Å². The number of hydrogen-bond acceptors (Lipinski definition) is 5. The number of benzene rings is 1. The molecule has 0 radical (unpaired) electrons. The van der Waals surface area contributed by atoms with Gasteiger partial charge in [-0.15, -0.1) is 0 Å². The predicted octanol–water partition coefficient (Wildman–Crippen LogP) is 3.74. The zero-order chi connectivity index (χ0) is 19.3. The quantitative estimate of drug-likeness (QED) is 0.264. The number of carbonyl (C=O) groups excluding carboxylic acids is 1. The van der Waals surface area contributed by atoms with Gasteiger partial charge < -0.3 is 9.47 Å². The van der Waals surface area contributed by atoms with E-state index in [0.29, 0.717) is 25.4 Å². The number of nitrogens with one attached hydrogen (secondary N) is 1. The van der Waals surface area contributed by atoms with Crippen LogP contribution in [0.3, 0.4) is 0 Å². The van der Waals surface area contributed by atoms with Gasteiger partial charge in [-0.05, 0) is 112 Å². The summed E-state index contributed by atoms with van der Waals surface area (Å²) in [4.78, 5) is 11.9. The smallest absolute Gasteiger partial charge is 0.236 e. The van der Waals surface area contributed by atoms with Gasteiger partial charge in [-0.2, -0.15) is 0 Å². The molecule has 0 spiro atoms. The molecule has 26 heavy (non-hydrogen) atoms. The molecule has 6 nitrogen and oxygen atoms in total. The van der Waals surface area contributed by atoms with Crippen molar-refractivity contribution in [3.63, 3.8) is 0 Å². The number of halogens is 3. The molecule has 0 unspecified atom stereocenters. The molecule has 1 aromatic carbocycles. The first-order valence-electron chi connectivity index (χ1n) is 8.02. The van der Waals surface area contributed by atoms with Crippen LogP contribution in [0.4, 0.5) is 0 Å². The normalized spacial score (nSPS) is 20.6. The van der Waals surface area contributed by atoms with Crippen LogP contribution in [-0.2, 0) is 19.6 Å². The van der Waals surface area contributed by atoms with Crippen molar-refractivity contribution < 1.29 is 22.7 Å². The molecule has 1 N–H and O–H groups in total. The largest absolute Gasteiger partial charge is 0.465 e. The number of ether oxygens (including phenoxy) is 2. The van der Waals surface area contributed by atoms with E-state index in [4.69, 9.17) is 9.47 Å². The van der Waals surface area contributed by atoms with E-state index in [-0.39, 0.29) is 12.7 Å². The Morgan fingerprint density at radius 2 is 1.73 bits per heavy atom. The monoisotopic (exact) mass is 719 g/mol. The van der Waals surface area contributed by atoms with Gasteiger partial charge in [-0.1, -0.05) is 0 Å². The Kier molecular flexibility index (Phi) is 9.14. The molecular weight excluding hydrogens is 699 g/mol. The van der Waals surface area contributed by atoms with Gasteiger partial charge in [-0.25, -0.2) is 8.42 Å². The van der Waals surface area contributed by atoms with E-state index in [0.717, 1.165) is 32.0 Å². The summed E-state index contributed by atoms with van der Waals surface area (Å²) in [5.41, 5.74) is 0. The second kappa shape index (κ2) is 10.4. The van der Waals surface area contributed by atoms with Crippen molar-refractivity contribution in [3.8, 4) is 5.75 Å². The first kappa shape index (κ1) is 22.9. The average molecular weight is 719 g/mol. The Labute approximate surface area is 195 Å². The Morgan fingerprint density at radius 3 is 2.27 bits per heavy atom. The summed E-state index contributed by atoms with van der Waals surface area (Å²) in [5, 5.41) is 0. The lowest BCUT2D eigenvalue weighted by Gasteiger charge is -2.27. The summed E-state index contributed by atoms with van der Waals surface area (Å²) >= 11 is 6.78. The van der Waals surface area contributed by atoms with Crippen LogP contribution in [0, 0.1) is 22.5 Å². The van der Waals surface area contributed by atoms with Gasteiger partial charge in [-0.3, -0.25) is 9.52 Å². The van der Waals surface area contributed by atoms with E-state index >= 15 is 0 Å². The lowest BCUT2D eigenvalue weighted by Crippen LogP contribution is -2.37. The molecule has 1 aromatic rings. The molecule has 10 heteroatoms. The number of hydrogen-bond donors (Lipinski definition) is 1. The fourth-order valence-corrected chi connectivity index (χ4v) is 7.27. The Hall–Kier alpha value is 0.590. The van der Waals surface area contributed by atoms with Crippen molar-refractivity contribution in [2.24, 2.45) is 11.8 Å². The van der Waals surface area contributed by atoms with E-state index in [1.807, 2.05) is 0 Å². The van der Waals surface area contributed by atoms with Crippen molar-refractivity contribution in [1.29, 1.82) is 0 Å². The number of rotatable bonds is 7. The molecule has 146 valence electrons. The lowest BCUT2D eigenvalue weighted by atomic mass is 9.82. The first-order valence-corrected chi connectivity index (χ1v) is 13.1. The number of sulfonamides is 1. The van der Waals surface area contributed by atoms with Gasteiger partial charge in [0.25, 0.3) is 0 Å². The summed E-state index contributed by atoms with van der Waals surface area (Å²) in [6.45, 7) is 0.777. The molecule has 1 aliphatic carbocycles. The molecule has 0 bridgehead atoms. The topological polar surface area (TPSA) is 81.7 Å². The summed E-state index contributed by atoms with van der Waals surface area (Å²) < 4.78 is 39.0. The van der Waals surface area contributed by atoms with Crippen molar-refractivity contribution >= 4 is 83.7 Å². The van der Waals surface area contributed by atoms with Crippen LogP contribution in [0.1, 0.15) is 25.7 Å². The Bertz CT molecular complexity index is 725. The van der Waals surface area contributed by atoms with Gasteiger partial charge in [0.2, 0.25) is 15.9 Å². The van der Waals surface area contributed by atoms with Gasteiger partial charge >= 0.3 is 0 Å². The molecule has 2 rings (SSSR count). The summed E-state index contributed by atoms with van der Waals surface area (Å²) in [6, 6.07) is 4.11. The zero-order valence-corrected chi connectivity index (χ0v) is 21.4. The van der Waals surface area contributed by atoms with E-state index in [1.54, 1.807) is 0 Å². The van der Waals surface area contributed by atoms with Crippen molar-refractivity contribution in [3.05, 3.63) is 22.8 Å². The maximum atomic E-state index is 11.9. The minimum atomic E-state index is -3.48. The highest BCUT2D eigenvalue weighted by molar-refractivity contribution is 14.1. The molecule has 1 aliphatic rings. The second-order valence-electron chi connectivity index (χ2n) is 6.29. The van der Waals surface area contributed by atoms with Crippen LogP contribution in [0.15, 0.2) is 12.1 Å². The first-order chi connectivity index (χ1) is 12.2. The highest BCUT2D eigenvalue weighted by Crippen LogP contribution is 2.31. The van der Waals surface area contributed by atoms with E-state index in [2.05, 4.69) is 84.6 Å². The maximum Gasteiger partial charge on any atom is 0.236 e. The third-order valence-electron chi connectivity index (χ3n) is 4.11. The highest BCUT2D eigenvalue weighted by atomic mass is 127. The van der Waals surface area contributed by atoms with Crippen LogP contribution < -0.4 is 9.46 Å². The van der Waals surface area contributed by atoms with Crippen LogP contribution >= 0.6 is 67.8 Å². The van der Waals surface area contributed by atoms with Crippen LogP contribution in [0.25, 0.3) is 0 Å². The van der Waals surface area contributed by atoms with Gasteiger partial charge in [0, 0.05) is 9.49 Å². The fourth-order valence-electron chi connectivity index (χ4n) is 2.84. The standard InChI is InChI=1S/C16H20I3NO5S/c1-26(22,23)20-16(21)11-4-2-10(3-5-11)8-24-9-25-15-13(18)6-12(17)7-14(15)19/h6-7,10-11H,2-5,8-9H2,1H3,(H,20,21). The third-order valence-corrected chi connectivity index (χ3v) is 6.90. The Morgan fingerprint density at radius 1 is 1.15 bits per heavy atom. The van der Waals surface area contributed by atoms with E-state index in [9.17, 15) is 13.2 Å². The molecule has 1 saturated carbocycles.